The first-order valence-corrected chi connectivity index (χ1v) is 25.8. The molecule has 1 aliphatic heterocycles. The van der Waals surface area contributed by atoms with Gasteiger partial charge < -0.3 is 40.2 Å². The zero-order valence-electron chi connectivity index (χ0n) is 38.0. The van der Waals surface area contributed by atoms with Gasteiger partial charge in [0.25, 0.3) is 0 Å². The van der Waals surface area contributed by atoms with Gasteiger partial charge in [-0.2, -0.15) is 0 Å². The van der Waals surface area contributed by atoms with Crippen molar-refractivity contribution in [2.24, 2.45) is 74.9 Å². The van der Waals surface area contributed by atoms with Crippen LogP contribution >= 0.6 is 0 Å². The largest absolute Gasteiger partial charge is 0.454 e. The van der Waals surface area contributed by atoms with Gasteiger partial charge in [-0.25, -0.2) is 4.79 Å². The number of aldehydes is 1. The molecule has 10 nitrogen and oxygen atoms in total. The van der Waals surface area contributed by atoms with Gasteiger partial charge in [-0.15, -0.1) is 0 Å². The summed E-state index contributed by atoms with van der Waals surface area (Å²) in [6.07, 6.45) is 19.1. The van der Waals surface area contributed by atoms with E-state index < -0.39 is 80.3 Å². The summed E-state index contributed by atoms with van der Waals surface area (Å²) in [6, 6.07) is 7.67. The number of esters is 1. The smallest absolute Gasteiger partial charge is 0.331 e. The first kappa shape index (κ1) is 43.4. The van der Waals surface area contributed by atoms with Gasteiger partial charge in [0.1, 0.15) is 18.0 Å². The molecule has 12 rings (SSSR count). The monoisotopic (exact) mass is 890 g/mol. The third kappa shape index (κ3) is 5.39. The maximum atomic E-state index is 14.9. The van der Waals surface area contributed by atoms with Crippen LogP contribution in [0.2, 0.25) is 0 Å². The topological polar surface area (TPSA) is 177 Å². The summed E-state index contributed by atoms with van der Waals surface area (Å²) in [4.78, 5) is 28.6. The zero-order valence-corrected chi connectivity index (χ0v) is 38.0. The number of aliphatic hydroxyl groups excluding tert-OH is 3. The summed E-state index contributed by atoms with van der Waals surface area (Å²) in [5.41, 5.74) is -7.11. The van der Waals surface area contributed by atoms with Gasteiger partial charge in [-0.1, -0.05) is 80.7 Å². The minimum Gasteiger partial charge on any atom is -0.454 e. The van der Waals surface area contributed by atoms with Crippen molar-refractivity contribution in [3.63, 3.8) is 0 Å². The molecule has 350 valence electrons. The van der Waals surface area contributed by atoms with E-state index in [0.717, 1.165) is 49.5 Å². The Morgan fingerprint density at radius 1 is 0.892 bits per heavy atom. The van der Waals surface area contributed by atoms with E-state index in [4.69, 9.17) is 4.74 Å². The van der Waals surface area contributed by atoms with Gasteiger partial charge in [0.15, 0.2) is 0 Å². The lowest BCUT2D eigenvalue weighted by atomic mass is 9.33. The van der Waals surface area contributed by atoms with Crippen LogP contribution in [0.4, 0.5) is 0 Å². The molecule has 0 amide bonds. The molecular formula is C55H71NO9. The summed E-state index contributed by atoms with van der Waals surface area (Å²) in [7, 11) is 0. The highest BCUT2D eigenvalue weighted by molar-refractivity contribution is 5.87. The van der Waals surface area contributed by atoms with E-state index >= 15 is 0 Å². The van der Waals surface area contributed by atoms with Crippen molar-refractivity contribution < 1.29 is 45.0 Å². The SMILES string of the molecule is O=C[C@@]12CC3(CCCC3)[C@H](O)[C@H]3C[C@H]4C=CC[C@H](C5CCCC5)[C@@H]4C[C@@H](C[C@]4(O)[C@@H]1CC[C@@]15CCC#Cc6ccccc6C[C@H](NCO)[C@H]6C[C@H](C[C@@]14O)[C@]5(CO)C1=CC(=O)O[C@H]16)[C@]32O. The molecule has 11 aliphatic rings. The first-order valence-electron chi connectivity index (χ1n) is 25.8. The second-order valence-electron chi connectivity index (χ2n) is 23.8. The molecule has 8 fully saturated rings. The van der Waals surface area contributed by atoms with Crippen molar-refractivity contribution in [3.8, 4) is 11.8 Å². The zero-order chi connectivity index (χ0) is 44.8. The lowest BCUT2D eigenvalue weighted by Gasteiger charge is -2.74. The average Bonchev–Trinajstić information content (AvgIpc) is 4.11. The molecule has 1 aromatic carbocycles. The van der Waals surface area contributed by atoms with Crippen molar-refractivity contribution in [2.75, 3.05) is 13.3 Å². The van der Waals surface area contributed by atoms with Gasteiger partial charge >= 0.3 is 5.97 Å². The van der Waals surface area contributed by atoms with Crippen molar-refractivity contribution in [3.05, 3.63) is 59.2 Å². The molecule has 8 saturated carbocycles. The highest BCUT2D eigenvalue weighted by Crippen LogP contribution is 2.82. The standard InChI is InChI=1S/C55H71NO9/c57-30-50-29-49(18-7-8-19-49)48(61)43-22-36-15-9-16-39(34-12-2-3-13-34)40(36)25-38(55(43,50)64)27-53(62)45(50)17-21-51-20-6-5-11-33-10-1-4-14-35(33)23-44(56-32-59)41-24-37(28-54(51,53)63)52(51,31-58)42-26-46(60)65-47(41)42/h1,4,9-10,14-15,26,30,34,36-41,43-45,47-48,56,58-59,61-64H,2-3,6-8,12-13,16-25,27-29,31-32H2/t36-,37-,38+,39-,40-,41-,43-,44+,45-,47+,48-,50+,51-,52-,53+,54-,55+/m1/s1. The van der Waals surface area contributed by atoms with Gasteiger partial charge in [0.2, 0.25) is 0 Å². The van der Waals surface area contributed by atoms with E-state index in [2.05, 4.69) is 35.4 Å². The molecule has 1 aromatic rings. The Kier molecular flexibility index (Phi) is 10.1. The van der Waals surface area contributed by atoms with Crippen LogP contribution in [0.3, 0.4) is 0 Å². The van der Waals surface area contributed by atoms with Crippen molar-refractivity contribution in [1.29, 1.82) is 0 Å². The summed E-state index contributed by atoms with van der Waals surface area (Å²) in [5, 5.41) is 82.4. The first-order chi connectivity index (χ1) is 31.4. The lowest BCUT2D eigenvalue weighted by molar-refractivity contribution is -0.358. The van der Waals surface area contributed by atoms with Crippen molar-refractivity contribution in [2.45, 2.75) is 163 Å². The van der Waals surface area contributed by atoms with Gasteiger partial charge in [-0.3, -0.25) is 5.32 Å². The van der Waals surface area contributed by atoms with E-state index in [1.54, 1.807) is 6.08 Å². The molecule has 0 saturated heterocycles. The second kappa shape index (κ2) is 15.1. The number of nitrogens with one attached hydrogen (secondary N) is 1. The number of ether oxygens (including phenoxy) is 1. The summed E-state index contributed by atoms with van der Waals surface area (Å²) in [6.45, 7) is -0.658. The van der Waals surface area contributed by atoms with E-state index in [9.17, 15) is 40.2 Å². The number of allylic oxidation sites excluding steroid dienone is 2. The summed E-state index contributed by atoms with van der Waals surface area (Å²) in [5.74, 6) is 5.13. The van der Waals surface area contributed by atoms with Crippen LogP contribution in [-0.4, -0.2) is 91.3 Å². The highest BCUT2D eigenvalue weighted by Gasteiger charge is 2.87. The molecule has 0 unspecified atom stereocenters. The normalized spacial score (nSPS) is 50.1. The Balaban J connectivity index is 1.06. The molecule has 7 N–H and O–H groups in total. The van der Waals surface area contributed by atoms with E-state index in [1.807, 2.05) is 18.2 Å². The van der Waals surface area contributed by atoms with Gasteiger partial charge in [-0.05, 0) is 142 Å². The number of rotatable bonds is 5. The summed E-state index contributed by atoms with van der Waals surface area (Å²) >= 11 is 0. The van der Waals surface area contributed by atoms with Crippen LogP contribution < -0.4 is 5.32 Å². The van der Waals surface area contributed by atoms with Crippen LogP contribution in [-0.2, 0) is 20.7 Å². The minimum absolute atomic E-state index is 0.0891. The Hall–Kier alpha value is -2.88. The Morgan fingerprint density at radius 3 is 2.45 bits per heavy atom. The lowest BCUT2D eigenvalue weighted by Crippen LogP contribution is -2.82. The van der Waals surface area contributed by atoms with E-state index in [-0.39, 0.29) is 56.4 Å². The molecule has 0 aromatic heterocycles. The molecule has 65 heavy (non-hydrogen) atoms. The fourth-order valence-corrected chi connectivity index (χ4v) is 20.1. The number of benzene rings is 1. The number of hydrogen-bond donors (Lipinski definition) is 7. The summed E-state index contributed by atoms with van der Waals surface area (Å²) < 4.78 is 6.29. The number of carbonyl (C=O) groups is 2. The second-order valence-corrected chi connectivity index (χ2v) is 23.8. The Morgan fingerprint density at radius 2 is 1.68 bits per heavy atom. The Labute approximate surface area is 384 Å². The quantitative estimate of drug-likeness (QED) is 0.0641. The molecule has 1 heterocycles. The predicted molar refractivity (Wildman–Crippen MR) is 241 cm³/mol. The van der Waals surface area contributed by atoms with Crippen LogP contribution in [0.5, 0.6) is 0 Å². The van der Waals surface area contributed by atoms with Gasteiger partial charge in [0, 0.05) is 52.7 Å². The van der Waals surface area contributed by atoms with Crippen molar-refractivity contribution >= 4 is 12.3 Å². The van der Waals surface area contributed by atoms with Crippen LogP contribution in [0.25, 0.3) is 0 Å². The van der Waals surface area contributed by atoms with Crippen LogP contribution in [0.15, 0.2) is 48.1 Å². The maximum Gasteiger partial charge on any atom is 0.331 e. The van der Waals surface area contributed by atoms with E-state index in [0.29, 0.717) is 68.8 Å². The molecular weight excluding hydrogens is 819 g/mol. The average molecular weight is 890 g/mol. The number of carbonyl (C=O) groups excluding carboxylic acids is 2. The third-order valence-electron chi connectivity index (χ3n) is 22.4. The fraction of sp³-hybridized carbons (Fsp3) is 0.745. The molecule has 2 spiro atoms. The van der Waals surface area contributed by atoms with E-state index in [1.165, 1.54) is 25.7 Å². The fourth-order valence-electron chi connectivity index (χ4n) is 20.1. The molecule has 17 atom stereocenters. The van der Waals surface area contributed by atoms with Crippen LogP contribution in [0.1, 0.15) is 133 Å². The molecule has 10 aliphatic carbocycles. The van der Waals surface area contributed by atoms with Crippen LogP contribution in [0, 0.1) is 86.8 Å². The number of aliphatic hydroxyl groups is 6. The predicted octanol–water partition coefficient (Wildman–Crippen LogP) is 5.68. The third-order valence-corrected chi connectivity index (χ3v) is 22.4. The molecule has 10 heteroatoms. The highest BCUT2D eigenvalue weighted by atomic mass is 16.5. The number of hydrogen-bond acceptors (Lipinski definition) is 10. The maximum absolute atomic E-state index is 14.9. The molecule has 0 radical (unpaired) electrons. The van der Waals surface area contributed by atoms with Gasteiger partial charge in [0.05, 0.1) is 36.1 Å². The minimum atomic E-state index is -1.86. The molecule has 4 bridgehead atoms. The van der Waals surface area contributed by atoms with Crippen molar-refractivity contribution in [1.82, 2.24) is 5.32 Å². The number of fused-ring (bicyclic) bond motifs is 8. The Bertz CT molecular complexity index is 2240.